The Morgan fingerprint density at radius 3 is 2.07 bits per heavy atom. The van der Waals surface area contributed by atoms with Crippen molar-refractivity contribution in [2.45, 2.75) is 84.5 Å². The van der Waals surface area contributed by atoms with E-state index in [-0.39, 0.29) is 26.1 Å². The predicted molar refractivity (Wildman–Crippen MR) is 102 cm³/mol. The van der Waals surface area contributed by atoms with E-state index in [1.807, 2.05) is 13.8 Å². The maximum atomic E-state index is 11.9. The lowest BCUT2D eigenvalue weighted by molar-refractivity contribution is -0.179. The van der Waals surface area contributed by atoms with Crippen molar-refractivity contribution in [2.75, 3.05) is 13.2 Å². The van der Waals surface area contributed by atoms with Crippen molar-refractivity contribution in [3.05, 3.63) is 0 Å². The molecule has 1 aliphatic heterocycles. The zero-order valence-electron chi connectivity index (χ0n) is 18.2. The highest BCUT2D eigenvalue weighted by atomic mass is 16.8. The number of amides is 3. The SMILES string of the molecule is CC(C)(CCOC(C)(C)COC(=O)ON1C(=O)CCC1=O)NC(=O)OC(C)(C)C. The molecular weight excluding hydrogens is 384 g/mol. The van der Waals surface area contributed by atoms with Crippen LogP contribution in [0.15, 0.2) is 0 Å². The van der Waals surface area contributed by atoms with E-state index in [0.29, 0.717) is 11.5 Å². The lowest BCUT2D eigenvalue weighted by Crippen LogP contribution is -2.47. The molecule has 0 aromatic rings. The van der Waals surface area contributed by atoms with Gasteiger partial charge in [0.05, 0.1) is 5.60 Å². The zero-order valence-corrected chi connectivity index (χ0v) is 18.2. The third-order valence-electron chi connectivity index (χ3n) is 3.77. The van der Waals surface area contributed by atoms with Gasteiger partial charge in [0.1, 0.15) is 12.2 Å². The summed E-state index contributed by atoms with van der Waals surface area (Å²) in [5.74, 6) is -1.16. The monoisotopic (exact) mass is 416 g/mol. The first-order valence-electron chi connectivity index (χ1n) is 9.46. The van der Waals surface area contributed by atoms with E-state index in [1.165, 1.54) is 0 Å². The van der Waals surface area contributed by atoms with Crippen molar-refractivity contribution in [2.24, 2.45) is 0 Å². The van der Waals surface area contributed by atoms with Crippen LogP contribution in [0.4, 0.5) is 9.59 Å². The van der Waals surface area contributed by atoms with Crippen LogP contribution < -0.4 is 5.32 Å². The van der Waals surface area contributed by atoms with Gasteiger partial charge in [0.2, 0.25) is 0 Å². The fourth-order valence-corrected chi connectivity index (χ4v) is 2.26. The Balaban J connectivity index is 2.36. The van der Waals surface area contributed by atoms with Gasteiger partial charge in [-0.25, -0.2) is 9.59 Å². The summed E-state index contributed by atoms with van der Waals surface area (Å²) in [4.78, 5) is 51.1. The number of rotatable bonds is 8. The second-order valence-electron chi connectivity index (χ2n) is 9.08. The number of nitrogens with zero attached hydrogens (tertiary/aromatic N) is 1. The first-order chi connectivity index (χ1) is 13.1. The highest BCUT2D eigenvalue weighted by Crippen LogP contribution is 2.17. The van der Waals surface area contributed by atoms with Crippen LogP contribution in [0.3, 0.4) is 0 Å². The third kappa shape index (κ3) is 9.60. The van der Waals surface area contributed by atoms with Gasteiger partial charge >= 0.3 is 12.2 Å². The Kier molecular flexibility index (Phi) is 8.02. The summed E-state index contributed by atoms with van der Waals surface area (Å²) < 4.78 is 15.9. The summed E-state index contributed by atoms with van der Waals surface area (Å²) in [5.41, 5.74) is -2.01. The number of imide groups is 1. The van der Waals surface area contributed by atoms with Crippen molar-refractivity contribution in [3.8, 4) is 0 Å². The zero-order chi connectivity index (χ0) is 22.5. The molecule has 166 valence electrons. The Morgan fingerprint density at radius 1 is 1.00 bits per heavy atom. The summed E-state index contributed by atoms with van der Waals surface area (Å²) >= 11 is 0. The maximum Gasteiger partial charge on any atom is 0.534 e. The minimum atomic E-state index is -1.16. The topological polar surface area (TPSA) is 120 Å². The second kappa shape index (κ2) is 9.43. The van der Waals surface area contributed by atoms with Gasteiger partial charge in [0.25, 0.3) is 11.8 Å². The number of alkyl carbamates (subject to hydrolysis) is 1. The van der Waals surface area contributed by atoms with E-state index in [1.54, 1.807) is 34.6 Å². The maximum absolute atomic E-state index is 11.9. The van der Waals surface area contributed by atoms with Crippen LogP contribution in [-0.4, -0.2) is 59.1 Å². The highest BCUT2D eigenvalue weighted by Gasteiger charge is 2.34. The van der Waals surface area contributed by atoms with Crippen molar-refractivity contribution < 1.29 is 38.2 Å². The molecule has 0 saturated carbocycles. The Morgan fingerprint density at radius 2 is 1.55 bits per heavy atom. The summed E-state index contributed by atoms with van der Waals surface area (Å²) in [7, 11) is 0. The van der Waals surface area contributed by atoms with Gasteiger partial charge < -0.3 is 19.5 Å². The van der Waals surface area contributed by atoms with Gasteiger partial charge in [0, 0.05) is 25.0 Å². The molecule has 0 bridgehead atoms. The molecule has 1 heterocycles. The Labute approximate surface area is 171 Å². The van der Waals surface area contributed by atoms with Crippen LogP contribution in [-0.2, 0) is 28.6 Å². The van der Waals surface area contributed by atoms with Crippen molar-refractivity contribution >= 4 is 24.1 Å². The van der Waals surface area contributed by atoms with Crippen LogP contribution >= 0.6 is 0 Å². The molecule has 0 spiro atoms. The van der Waals surface area contributed by atoms with Gasteiger partial charge in [-0.3, -0.25) is 14.4 Å². The Hall–Kier alpha value is -2.36. The Bertz CT molecular complexity index is 621. The standard InChI is InChI=1S/C19H32N2O8/c1-17(2,3)28-15(24)20-18(4,5)10-11-27-19(6,7)12-26-16(25)29-21-13(22)8-9-14(21)23/h8-12H2,1-7H3,(H,20,24). The number of hydrogen-bond donors (Lipinski definition) is 1. The lowest BCUT2D eigenvalue weighted by Gasteiger charge is -2.30. The minimum Gasteiger partial charge on any atom is -0.444 e. The highest BCUT2D eigenvalue weighted by molar-refractivity contribution is 6.01. The van der Waals surface area contributed by atoms with Gasteiger partial charge in [-0.1, -0.05) is 5.06 Å². The number of carbonyl (C=O) groups is 4. The van der Waals surface area contributed by atoms with E-state index in [4.69, 9.17) is 14.2 Å². The molecule has 0 aromatic carbocycles. The normalized spacial score (nSPS) is 15.3. The fraction of sp³-hybridized carbons (Fsp3) is 0.789. The molecule has 10 nitrogen and oxygen atoms in total. The number of ether oxygens (including phenoxy) is 3. The predicted octanol–water partition coefficient (Wildman–Crippen LogP) is 2.69. The average Bonchev–Trinajstić information content (AvgIpc) is 2.82. The average molecular weight is 416 g/mol. The van der Waals surface area contributed by atoms with E-state index < -0.39 is 40.8 Å². The van der Waals surface area contributed by atoms with Crippen molar-refractivity contribution in [3.63, 3.8) is 0 Å². The second-order valence-corrected chi connectivity index (χ2v) is 9.08. The molecule has 10 heteroatoms. The van der Waals surface area contributed by atoms with Crippen LogP contribution in [0, 0.1) is 0 Å². The molecule has 29 heavy (non-hydrogen) atoms. The molecule has 0 aliphatic carbocycles. The first-order valence-corrected chi connectivity index (χ1v) is 9.46. The van der Waals surface area contributed by atoms with Gasteiger partial charge in [-0.15, -0.1) is 0 Å². The lowest BCUT2D eigenvalue weighted by atomic mass is 10.0. The summed E-state index contributed by atoms with van der Waals surface area (Å²) in [6, 6.07) is 0. The summed E-state index contributed by atoms with van der Waals surface area (Å²) in [5, 5.41) is 3.20. The molecule has 1 rings (SSSR count). The van der Waals surface area contributed by atoms with Crippen molar-refractivity contribution in [1.82, 2.24) is 10.4 Å². The fourth-order valence-electron chi connectivity index (χ4n) is 2.26. The molecule has 1 N–H and O–H groups in total. The molecule has 0 aromatic heterocycles. The van der Waals surface area contributed by atoms with Crippen molar-refractivity contribution in [1.29, 1.82) is 0 Å². The first kappa shape index (κ1) is 24.7. The summed E-state index contributed by atoms with van der Waals surface area (Å²) in [6.07, 6.45) is -1.17. The largest absolute Gasteiger partial charge is 0.534 e. The van der Waals surface area contributed by atoms with E-state index in [9.17, 15) is 19.2 Å². The molecule has 0 atom stereocenters. The van der Waals surface area contributed by atoms with Gasteiger partial charge in [-0.05, 0) is 54.9 Å². The van der Waals surface area contributed by atoms with Gasteiger partial charge in [0.15, 0.2) is 0 Å². The molecule has 0 radical (unpaired) electrons. The van der Waals surface area contributed by atoms with E-state index >= 15 is 0 Å². The number of hydroxylamine groups is 2. The minimum absolute atomic E-state index is 0.00777. The third-order valence-corrected chi connectivity index (χ3v) is 3.77. The van der Waals surface area contributed by atoms with Crippen LogP contribution in [0.5, 0.6) is 0 Å². The van der Waals surface area contributed by atoms with E-state index in [0.717, 1.165) is 0 Å². The van der Waals surface area contributed by atoms with Gasteiger partial charge in [-0.2, -0.15) is 0 Å². The molecule has 1 aliphatic rings. The number of carbonyl (C=O) groups excluding carboxylic acids is 4. The van der Waals surface area contributed by atoms with Crippen LogP contribution in [0.1, 0.15) is 67.7 Å². The van der Waals surface area contributed by atoms with Crippen LogP contribution in [0.25, 0.3) is 0 Å². The molecule has 3 amide bonds. The number of hydrogen-bond acceptors (Lipinski definition) is 8. The summed E-state index contributed by atoms with van der Waals surface area (Å²) in [6.45, 7) is 12.6. The van der Waals surface area contributed by atoms with E-state index in [2.05, 4.69) is 10.2 Å². The molecule has 0 unspecified atom stereocenters. The smallest absolute Gasteiger partial charge is 0.444 e. The molecule has 1 fully saturated rings. The van der Waals surface area contributed by atoms with Crippen LogP contribution in [0.2, 0.25) is 0 Å². The molecular formula is C19H32N2O8. The quantitative estimate of drug-likeness (QED) is 0.474. The molecule has 1 saturated heterocycles. The number of nitrogens with one attached hydrogen (secondary N) is 1.